The number of fused-ring (bicyclic) bond motifs is 3. The van der Waals surface area contributed by atoms with Crippen molar-refractivity contribution in [3.8, 4) is 11.3 Å². The molecule has 0 unspecified atom stereocenters. The van der Waals surface area contributed by atoms with Crippen LogP contribution in [-0.2, 0) is 16.5 Å². The molecule has 0 aliphatic rings. The molecule has 0 atom stereocenters. The second-order valence-electron chi connectivity index (χ2n) is 5.82. The molecule has 27 heavy (non-hydrogen) atoms. The fraction of sp³-hybridized carbons (Fsp3) is 0.167. The molecule has 0 spiro atoms. The van der Waals surface area contributed by atoms with Crippen molar-refractivity contribution in [2.75, 3.05) is 14.2 Å². The van der Waals surface area contributed by atoms with Crippen LogP contribution in [0.3, 0.4) is 0 Å². The Bertz CT molecular complexity index is 1190. The highest BCUT2D eigenvalue weighted by Gasteiger charge is 2.27. The van der Waals surface area contributed by atoms with Gasteiger partial charge in [-0.05, 0) is 6.07 Å². The van der Waals surface area contributed by atoms with Crippen LogP contribution in [0.1, 0.15) is 20.8 Å². The van der Waals surface area contributed by atoms with Gasteiger partial charge in [0.25, 0.3) is 0 Å². The molecule has 3 aromatic heterocycles. The van der Waals surface area contributed by atoms with Gasteiger partial charge in [-0.1, -0.05) is 35.5 Å². The number of esters is 2. The molecule has 9 heteroatoms. The number of aromatic nitrogens is 5. The summed E-state index contributed by atoms with van der Waals surface area (Å²) in [5.74, 6) is -1.31. The normalized spacial score (nSPS) is 11.1. The lowest BCUT2D eigenvalue weighted by molar-refractivity contribution is 0.0596. The van der Waals surface area contributed by atoms with E-state index in [0.29, 0.717) is 16.7 Å². The number of hydrogen-bond acceptors (Lipinski definition) is 7. The number of hydrogen-bond donors (Lipinski definition) is 0. The van der Waals surface area contributed by atoms with Crippen LogP contribution in [0, 0.1) is 0 Å². The predicted molar refractivity (Wildman–Crippen MR) is 95.4 cm³/mol. The lowest BCUT2D eigenvalue weighted by Gasteiger charge is -2.06. The van der Waals surface area contributed by atoms with Gasteiger partial charge in [0.05, 0.1) is 19.8 Å². The van der Waals surface area contributed by atoms with Gasteiger partial charge in [0.15, 0.2) is 11.3 Å². The first-order chi connectivity index (χ1) is 13.1. The molecule has 4 rings (SSSR count). The van der Waals surface area contributed by atoms with E-state index in [4.69, 9.17) is 9.47 Å². The summed E-state index contributed by atoms with van der Waals surface area (Å²) in [6.45, 7) is 0. The van der Waals surface area contributed by atoms with E-state index in [1.54, 1.807) is 17.8 Å². The molecule has 3 heterocycles. The molecule has 1 aromatic carbocycles. The van der Waals surface area contributed by atoms with Crippen LogP contribution in [0.25, 0.3) is 27.8 Å². The summed E-state index contributed by atoms with van der Waals surface area (Å²) in [7, 11) is 4.26. The minimum atomic E-state index is -0.694. The molecule has 0 fully saturated rings. The van der Waals surface area contributed by atoms with Gasteiger partial charge >= 0.3 is 11.9 Å². The second kappa shape index (κ2) is 6.20. The number of aryl methyl sites for hydroxylation is 1. The third-order valence-electron chi connectivity index (χ3n) is 4.30. The Hall–Kier alpha value is -3.75. The van der Waals surface area contributed by atoms with Gasteiger partial charge < -0.3 is 9.47 Å². The van der Waals surface area contributed by atoms with Crippen molar-refractivity contribution in [1.82, 2.24) is 24.6 Å². The molecule has 0 saturated heterocycles. The maximum absolute atomic E-state index is 12.4. The average molecular weight is 365 g/mol. The van der Waals surface area contributed by atoms with Crippen LogP contribution >= 0.6 is 0 Å². The van der Waals surface area contributed by atoms with E-state index in [0.717, 1.165) is 5.56 Å². The molecule has 9 nitrogen and oxygen atoms in total. The molecule has 0 saturated carbocycles. The Labute approximate surface area is 153 Å². The van der Waals surface area contributed by atoms with E-state index in [1.165, 1.54) is 18.7 Å². The minimum Gasteiger partial charge on any atom is -0.465 e. The van der Waals surface area contributed by atoms with Gasteiger partial charge in [-0.25, -0.2) is 14.3 Å². The zero-order valence-electron chi connectivity index (χ0n) is 14.8. The summed E-state index contributed by atoms with van der Waals surface area (Å²) in [5.41, 5.74) is 2.44. The highest BCUT2D eigenvalue weighted by molar-refractivity contribution is 6.08. The Morgan fingerprint density at radius 3 is 2.41 bits per heavy atom. The summed E-state index contributed by atoms with van der Waals surface area (Å²) in [6.07, 6.45) is 0. The summed E-state index contributed by atoms with van der Waals surface area (Å²) < 4.78 is 12.7. The van der Waals surface area contributed by atoms with Crippen molar-refractivity contribution in [3.63, 3.8) is 0 Å². The summed E-state index contributed by atoms with van der Waals surface area (Å²) >= 11 is 0. The zero-order chi connectivity index (χ0) is 19.1. The molecule has 0 amide bonds. The molecular weight excluding hydrogens is 350 g/mol. The Balaban J connectivity index is 2.15. The van der Waals surface area contributed by atoms with Crippen LogP contribution in [0.4, 0.5) is 0 Å². The number of ether oxygens (including phenoxy) is 2. The van der Waals surface area contributed by atoms with Crippen LogP contribution in [0.2, 0.25) is 0 Å². The number of carbonyl (C=O) groups is 2. The number of pyridine rings is 1. The first kappa shape index (κ1) is 16.7. The van der Waals surface area contributed by atoms with Gasteiger partial charge in [0.1, 0.15) is 11.2 Å². The lowest BCUT2D eigenvalue weighted by atomic mass is 10.1. The van der Waals surface area contributed by atoms with Crippen molar-refractivity contribution in [2.24, 2.45) is 7.05 Å². The Morgan fingerprint density at radius 2 is 1.74 bits per heavy atom. The van der Waals surface area contributed by atoms with Crippen LogP contribution in [-0.4, -0.2) is 50.8 Å². The third kappa shape index (κ3) is 2.43. The predicted octanol–water partition coefficient (Wildman–Crippen LogP) is 1.86. The maximum atomic E-state index is 12.4. The lowest BCUT2D eigenvalue weighted by Crippen LogP contribution is -2.09. The molecule has 0 N–H and O–H groups in total. The van der Waals surface area contributed by atoms with Gasteiger partial charge in [0.2, 0.25) is 0 Å². The highest BCUT2D eigenvalue weighted by Crippen LogP contribution is 2.31. The topological polar surface area (TPSA) is 101 Å². The number of benzene rings is 1. The highest BCUT2D eigenvalue weighted by atomic mass is 16.5. The van der Waals surface area contributed by atoms with Crippen molar-refractivity contribution < 1.29 is 19.1 Å². The maximum Gasteiger partial charge on any atom is 0.360 e. The number of nitrogens with zero attached hydrogens (tertiary/aromatic N) is 5. The Kier molecular flexibility index (Phi) is 3.84. The quantitative estimate of drug-likeness (QED) is 0.511. The average Bonchev–Trinajstić information content (AvgIpc) is 3.28. The van der Waals surface area contributed by atoms with E-state index >= 15 is 0 Å². The van der Waals surface area contributed by atoms with Crippen molar-refractivity contribution in [3.05, 3.63) is 47.7 Å². The van der Waals surface area contributed by atoms with Crippen LogP contribution in [0.15, 0.2) is 36.4 Å². The van der Waals surface area contributed by atoms with Gasteiger partial charge in [-0.2, -0.15) is 9.61 Å². The van der Waals surface area contributed by atoms with E-state index in [1.807, 2.05) is 30.3 Å². The van der Waals surface area contributed by atoms with E-state index in [2.05, 4.69) is 15.4 Å². The van der Waals surface area contributed by atoms with Crippen molar-refractivity contribution in [2.45, 2.75) is 0 Å². The van der Waals surface area contributed by atoms with E-state index in [9.17, 15) is 9.59 Å². The van der Waals surface area contributed by atoms with Gasteiger partial charge in [0, 0.05) is 18.0 Å². The fourth-order valence-electron chi connectivity index (χ4n) is 3.11. The Morgan fingerprint density at radius 1 is 1.04 bits per heavy atom. The number of rotatable bonds is 3. The van der Waals surface area contributed by atoms with E-state index in [-0.39, 0.29) is 16.8 Å². The second-order valence-corrected chi connectivity index (χ2v) is 5.82. The smallest absolute Gasteiger partial charge is 0.360 e. The summed E-state index contributed by atoms with van der Waals surface area (Å²) in [5, 5.41) is 13.2. The van der Waals surface area contributed by atoms with Gasteiger partial charge in [-0.15, -0.1) is 5.10 Å². The molecule has 0 aliphatic heterocycles. The van der Waals surface area contributed by atoms with Crippen LogP contribution in [0.5, 0.6) is 0 Å². The van der Waals surface area contributed by atoms with E-state index < -0.39 is 11.9 Å². The minimum absolute atomic E-state index is 0.0674. The molecule has 0 aliphatic carbocycles. The molecule has 0 radical (unpaired) electrons. The molecule has 136 valence electrons. The first-order valence-corrected chi connectivity index (χ1v) is 8.04. The van der Waals surface area contributed by atoms with Crippen molar-refractivity contribution >= 4 is 28.5 Å². The largest absolute Gasteiger partial charge is 0.465 e. The summed E-state index contributed by atoms with van der Waals surface area (Å²) in [4.78, 5) is 24.5. The molecule has 0 bridgehead atoms. The standard InChI is InChI=1S/C18H15N5O4/c1-22-16-11(13(20-22)10-7-5-4-6-8-10)9-12(17(24)26-2)15-14(18(25)27-3)19-21-23(15)16/h4-9H,1-3H3. The van der Waals surface area contributed by atoms with Crippen molar-refractivity contribution in [1.29, 1.82) is 0 Å². The first-order valence-electron chi connectivity index (χ1n) is 8.04. The molecular formula is C18H15N5O4. The monoisotopic (exact) mass is 365 g/mol. The van der Waals surface area contributed by atoms with Crippen LogP contribution < -0.4 is 0 Å². The molecule has 4 aromatic rings. The summed E-state index contributed by atoms with van der Waals surface area (Å²) in [6, 6.07) is 11.2. The number of methoxy groups -OCH3 is 2. The number of carbonyl (C=O) groups excluding carboxylic acids is 2. The fourth-order valence-corrected chi connectivity index (χ4v) is 3.11. The third-order valence-corrected chi connectivity index (χ3v) is 4.30. The van der Waals surface area contributed by atoms with Gasteiger partial charge in [-0.3, -0.25) is 0 Å². The zero-order valence-corrected chi connectivity index (χ0v) is 14.8. The SMILES string of the molecule is COC(=O)c1cc2c(-c3ccccc3)nn(C)c2n2nnc(C(=O)OC)c12.